The minimum atomic E-state index is -0.402. The van der Waals surface area contributed by atoms with Gasteiger partial charge in [-0.25, -0.2) is 0 Å². The second-order valence-electron chi connectivity index (χ2n) is 6.41. The maximum Gasteiger partial charge on any atom is 0.266 e. The number of anilines is 1. The van der Waals surface area contributed by atoms with Crippen LogP contribution < -0.4 is 10.9 Å². The molecule has 9 nitrogen and oxygen atoms in total. The predicted octanol–water partition coefficient (Wildman–Crippen LogP) is 1.72. The Hall–Kier alpha value is -3.80. The molecule has 0 atom stereocenters. The molecule has 142 valence electrons. The van der Waals surface area contributed by atoms with Crippen LogP contribution in [0.3, 0.4) is 0 Å². The van der Waals surface area contributed by atoms with Gasteiger partial charge >= 0.3 is 0 Å². The molecule has 0 aliphatic rings. The van der Waals surface area contributed by atoms with Gasteiger partial charge < -0.3 is 10.3 Å². The van der Waals surface area contributed by atoms with Crippen LogP contribution in [0.1, 0.15) is 34.6 Å². The van der Waals surface area contributed by atoms with E-state index >= 15 is 0 Å². The van der Waals surface area contributed by atoms with Crippen molar-refractivity contribution in [1.29, 1.82) is 5.26 Å². The highest BCUT2D eigenvalue weighted by Crippen LogP contribution is 2.17. The third kappa shape index (κ3) is 3.81. The van der Waals surface area contributed by atoms with Gasteiger partial charge in [-0.05, 0) is 66.9 Å². The van der Waals surface area contributed by atoms with Gasteiger partial charge in [0.1, 0.15) is 11.6 Å². The number of nitrogens with zero attached hydrogens (tertiary/aromatic N) is 5. The van der Waals surface area contributed by atoms with Crippen molar-refractivity contribution in [3.63, 3.8) is 0 Å². The van der Waals surface area contributed by atoms with Gasteiger partial charge in [-0.1, -0.05) is 6.07 Å². The summed E-state index contributed by atoms with van der Waals surface area (Å²) in [5.74, 6) is 0.467. The van der Waals surface area contributed by atoms with Crippen molar-refractivity contribution in [2.75, 3.05) is 5.32 Å². The van der Waals surface area contributed by atoms with Crippen molar-refractivity contribution in [2.45, 2.75) is 33.6 Å². The van der Waals surface area contributed by atoms with E-state index in [0.717, 1.165) is 11.3 Å². The Labute approximate surface area is 161 Å². The van der Waals surface area contributed by atoms with E-state index in [9.17, 15) is 9.59 Å². The molecule has 1 amide bonds. The van der Waals surface area contributed by atoms with Crippen molar-refractivity contribution < 1.29 is 4.79 Å². The van der Waals surface area contributed by atoms with Crippen LogP contribution in [-0.4, -0.2) is 31.1 Å². The fourth-order valence-corrected chi connectivity index (χ4v) is 3.07. The van der Waals surface area contributed by atoms with Gasteiger partial charge in [-0.2, -0.15) is 9.94 Å². The van der Waals surface area contributed by atoms with Gasteiger partial charge in [-0.15, -0.1) is 5.10 Å². The number of benzene rings is 1. The molecule has 0 aliphatic carbocycles. The Morgan fingerprint density at radius 3 is 2.79 bits per heavy atom. The molecule has 0 saturated carbocycles. The zero-order valence-electron chi connectivity index (χ0n) is 15.8. The third-order valence-corrected chi connectivity index (χ3v) is 4.52. The molecule has 28 heavy (non-hydrogen) atoms. The first-order chi connectivity index (χ1) is 13.4. The summed E-state index contributed by atoms with van der Waals surface area (Å²) in [6.07, 6.45) is 0.632. The quantitative estimate of drug-likeness (QED) is 0.696. The van der Waals surface area contributed by atoms with E-state index in [1.54, 1.807) is 37.6 Å². The molecule has 0 spiro atoms. The van der Waals surface area contributed by atoms with Crippen molar-refractivity contribution >= 4 is 11.6 Å². The van der Waals surface area contributed by atoms with Crippen molar-refractivity contribution in [3.05, 3.63) is 62.8 Å². The molecule has 0 unspecified atom stereocenters. The summed E-state index contributed by atoms with van der Waals surface area (Å²) in [5.41, 5.74) is 3.16. The third-order valence-electron chi connectivity index (χ3n) is 4.52. The first-order valence-corrected chi connectivity index (χ1v) is 8.68. The van der Waals surface area contributed by atoms with Crippen LogP contribution in [-0.2, 0) is 11.2 Å². The molecule has 3 rings (SSSR count). The maximum absolute atomic E-state index is 12.4. The second kappa shape index (κ2) is 7.84. The van der Waals surface area contributed by atoms with E-state index in [1.165, 1.54) is 0 Å². The Bertz CT molecular complexity index is 1140. The van der Waals surface area contributed by atoms with Gasteiger partial charge in [0.2, 0.25) is 5.91 Å². The number of hydrogen-bond donors (Lipinski definition) is 2. The highest BCUT2D eigenvalue weighted by molar-refractivity contribution is 5.91. The highest BCUT2D eigenvalue weighted by Gasteiger charge is 2.14. The first-order valence-electron chi connectivity index (χ1n) is 8.68. The van der Waals surface area contributed by atoms with Crippen LogP contribution in [0.2, 0.25) is 0 Å². The number of rotatable bonds is 5. The summed E-state index contributed by atoms with van der Waals surface area (Å²) in [6, 6.07) is 9.14. The van der Waals surface area contributed by atoms with E-state index in [-0.39, 0.29) is 17.9 Å². The molecule has 3 aromatic rings. The summed E-state index contributed by atoms with van der Waals surface area (Å²) < 4.78 is 1.58. The standard InChI is InChI=1S/C19H19N7O2/c1-11-16(12(2)21-19(28)17(11)10-20)7-8-18(27)22-14-5-4-6-15(9-14)26-13(3)23-24-25-26/h4-6,9H,7-8H2,1-3H3,(H,21,28)(H,22,27). The van der Waals surface area contributed by atoms with Crippen LogP contribution in [0, 0.1) is 32.1 Å². The van der Waals surface area contributed by atoms with E-state index in [2.05, 4.69) is 25.8 Å². The number of aromatic amines is 1. The number of aryl methyl sites for hydroxylation is 2. The molecular formula is C19H19N7O2. The fourth-order valence-electron chi connectivity index (χ4n) is 3.07. The lowest BCUT2D eigenvalue weighted by Crippen LogP contribution is -2.18. The number of hydrogen-bond acceptors (Lipinski definition) is 6. The smallest absolute Gasteiger partial charge is 0.266 e. The van der Waals surface area contributed by atoms with E-state index in [4.69, 9.17) is 5.26 Å². The highest BCUT2D eigenvalue weighted by atomic mass is 16.1. The zero-order valence-corrected chi connectivity index (χ0v) is 15.8. The summed E-state index contributed by atoms with van der Waals surface area (Å²) in [6.45, 7) is 5.28. The molecule has 2 aromatic heterocycles. The molecule has 0 saturated heterocycles. The minimum absolute atomic E-state index is 0.0884. The van der Waals surface area contributed by atoms with Gasteiger partial charge in [0.15, 0.2) is 5.82 Å². The number of pyridine rings is 1. The van der Waals surface area contributed by atoms with Crippen LogP contribution >= 0.6 is 0 Å². The number of carbonyl (C=O) groups excluding carboxylic acids is 1. The van der Waals surface area contributed by atoms with Crippen molar-refractivity contribution in [1.82, 2.24) is 25.2 Å². The molecule has 2 heterocycles. The average molecular weight is 377 g/mol. The Morgan fingerprint density at radius 2 is 2.11 bits per heavy atom. The average Bonchev–Trinajstić information content (AvgIpc) is 3.08. The number of nitrogens with one attached hydrogen (secondary N) is 2. The number of aromatic nitrogens is 5. The molecule has 9 heteroatoms. The van der Waals surface area contributed by atoms with Gasteiger partial charge in [0.25, 0.3) is 5.56 Å². The molecule has 0 aliphatic heterocycles. The molecule has 0 radical (unpaired) electrons. The topological polar surface area (TPSA) is 129 Å². The summed E-state index contributed by atoms with van der Waals surface area (Å²) in [7, 11) is 0. The van der Waals surface area contributed by atoms with Crippen LogP contribution in [0.15, 0.2) is 29.1 Å². The fraction of sp³-hybridized carbons (Fsp3) is 0.263. The Morgan fingerprint density at radius 1 is 1.32 bits per heavy atom. The van der Waals surface area contributed by atoms with E-state index < -0.39 is 5.56 Å². The Balaban J connectivity index is 1.72. The molecule has 0 fully saturated rings. The predicted molar refractivity (Wildman–Crippen MR) is 102 cm³/mol. The number of amides is 1. The summed E-state index contributed by atoms with van der Waals surface area (Å²) in [5, 5.41) is 23.4. The van der Waals surface area contributed by atoms with Crippen molar-refractivity contribution in [2.24, 2.45) is 0 Å². The van der Waals surface area contributed by atoms with Crippen LogP contribution in [0.25, 0.3) is 5.69 Å². The summed E-state index contributed by atoms with van der Waals surface area (Å²) in [4.78, 5) is 26.9. The molecule has 0 bridgehead atoms. The number of H-pyrrole nitrogens is 1. The maximum atomic E-state index is 12.4. The van der Waals surface area contributed by atoms with E-state index in [1.807, 2.05) is 18.2 Å². The number of nitriles is 1. The van der Waals surface area contributed by atoms with Gasteiger partial charge in [0, 0.05) is 17.8 Å². The molecule has 2 N–H and O–H groups in total. The zero-order chi connectivity index (χ0) is 20.3. The monoisotopic (exact) mass is 377 g/mol. The largest absolute Gasteiger partial charge is 0.326 e. The van der Waals surface area contributed by atoms with Gasteiger partial charge in [-0.3, -0.25) is 9.59 Å². The lowest BCUT2D eigenvalue weighted by molar-refractivity contribution is -0.116. The number of tetrazole rings is 1. The molecule has 1 aromatic carbocycles. The lowest BCUT2D eigenvalue weighted by atomic mass is 9.99. The SMILES string of the molecule is Cc1[nH]c(=O)c(C#N)c(C)c1CCC(=O)Nc1cccc(-n2nnnc2C)c1. The van der Waals surface area contributed by atoms with Crippen LogP contribution in [0.4, 0.5) is 5.69 Å². The molecular weight excluding hydrogens is 358 g/mol. The minimum Gasteiger partial charge on any atom is -0.326 e. The van der Waals surface area contributed by atoms with Crippen molar-refractivity contribution in [3.8, 4) is 11.8 Å². The van der Waals surface area contributed by atoms with Crippen LogP contribution in [0.5, 0.6) is 0 Å². The number of carbonyl (C=O) groups is 1. The summed E-state index contributed by atoms with van der Waals surface area (Å²) >= 11 is 0. The van der Waals surface area contributed by atoms with E-state index in [0.29, 0.717) is 29.2 Å². The first kappa shape index (κ1) is 19.0. The van der Waals surface area contributed by atoms with Gasteiger partial charge in [0.05, 0.1) is 5.69 Å². The lowest BCUT2D eigenvalue weighted by Gasteiger charge is -2.11. The normalized spacial score (nSPS) is 10.5. The Kier molecular flexibility index (Phi) is 5.31. The second-order valence-corrected chi connectivity index (χ2v) is 6.41.